The van der Waals surface area contributed by atoms with Crippen LogP contribution in [0, 0.1) is 25.7 Å². The number of hydrogen-bond acceptors (Lipinski definition) is 8. The van der Waals surface area contributed by atoms with Crippen molar-refractivity contribution in [1.29, 1.82) is 0 Å². The predicted molar refractivity (Wildman–Crippen MR) is 212 cm³/mol. The molecule has 3 aromatic rings. The molecule has 0 saturated carbocycles. The van der Waals surface area contributed by atoms with Gasteiger partial charge in [-0.25, -0.2) is 0 Å². The van der Waals surface area contributed by atoms with Crippen molar-refractivity contribution in [2.75, 3.05) is 31.8 Å². The smallest absolute Gasteiger partial charge is 0.313 e. The number of aliphatic hydroxyl groups excluding tert-OH is 1. The van der Waals surface area contributed by atoms with Gasteiger partial charge in [0, 0.05) is 25.8 Å². The second kappa shape index (κ2) is 17.8. The number of benzene rings is 3. The summed E-state index contributed by atoms with van der Waals surface area (Å²) in [7, 11) is 1.50. The molecule has 296 valence electrons. The molecule has 56 heavy (non-hydrogen) atoms. The average Bonchev–Trinajstić information content (AvgIpc) is 3.86. The van der Waals surface area contributed by atoms with Crippen LogP contribution in [0.3, 0.4) is 0 Å². The highest BCUT2D eigenvalue weighted by molar-refractivity contribution is 6.05. The summed E-state index contributed by atoms with van der Waals surface area (Å²) < 4.78 is 18.7. The summed E-state index contributed by atoms with van der Waals surface area (Å²) in [6, 6.07) is 21.7. The highest BCUT2D eigenvalue weighted by atomic mass is 16.6. The first-order valence-corrected chi connectivity index (χ1v) is 19.4. The number of fused-ring (bicyclic) bond motifs is 1. The first-order chi connectivity index (χ1) is 27.1. The Kier molecular flexibility index (Phi) is 12.9. The molecule has 0 radical (unpaired) electrons. The predicted octanol–water partition coefficient (Wildman–Crippen LogP) is 5.18. The van der Waals surface area contributed by atoms with Gasteiger partial charge in [0.25, 0.3) is 5.91 Å². The van der Waals surface area contributed by atoms with E-state index in [1.807, 2.05) is 92.7 Å². The van der Waals surface area contributed by atoms with E-state index in [9.17, 15) is 14.7 Å². The molecule has 0 aliphatic carbocycles. The van der Waals surface area contributed by atoms with Crippen LogP contribution in [-0.4, -0.2) is 90.4 Å². The second-order valence-electron chi connectivity index (χ2n) is 15.1. The van der Waals surface area contributed by atoms with Gasteiger partial charge in [0.05, 0.1) is 43.2 Å². The number of carbonyl (C=O) groups is 4. The topological polar surface area (TPSA) is 135 Å². The first kappa shape index (κ1) is 40.6. The van der Waals surface area contributed by atoms with Crippen LogP contribution in [-0.2, 0) is 39.8 Å². The Labute approximate surface area is 329 Å². The number of amides is 3. The van der Waals surface area contributed by atoms with E-state index >= 15 is 9.59 Å². The van der Waals surface area contributed by atoms with Crippen LogP contribution >= 0.6 is 0 Å². The van der Waals surface area contributed by atoms with Gasteiger partial charge in [-0.1, -0.05) is 84.9 Å². The molecule has 0 unspecified atom stereocenters. The van der Waals surface area contributed by atoms with Crippen molar-refractivity contribution in [3.05, 3.63) is 126 Å². The SMILES string of the molecule is C=CCCC(=O)N[C@H](COC)[C@H](OC(=O)[C@@H]1[C@H]2C(=O)N([C@@H](CO)Cc3ccccc3)[C@H](C(=O)N(CC=C)c3cc(C)ccc3C)[C@]23CC[C@H]1O3)c1ccccc1. The molecule has 3 heterocycles. The quantitative estimate of drug-likeness (QED) is 0.134. The van der Waals surface area contributed by atoms with Gasteiger partial charge in [-0.15, -0.1) is 13.2 Å². The first-order valence-electron chi connectivity index (χ1n) is 19.4. The van der Waals surface area contributed by atoms with Crippen LogP contribution < -0.4 is 10.2 Å². The maximum absolute atomic E-state index is 15.3. The minimum Gasteiger partial charge on any atom is -0.455 e. The van der Waals surface area contributed by atoms with Gasteiger partial charge in [-0.05, 0) is 67.9 Å². The molecule has 0 aromatic heterocycles. The molecule has 2 N–H and O–H groups in total. The summed E-state index contributed by atoms with van der Waals surface area (Å²) in [5.74, 6) is -3.84. The Morgan fingerprint density at radius 2 is 1.77 bits per heavy atom. The minimum atomic E-state index is -1.36. The minimum absolute atomic E-state index is 0.0447. The number of esters is 1. The lowest BCUT2D eigenvalue weighted by atomic mass is 9.70. The molecule has 3 aliphatic heterocycles. The van der Waals surface area contributed by atoms with Crippen molar-refractivity contribution in [1.82, 2.24) is 10.2 Å². The lowest BCUT2D eigenvalue weighted by Crippen LogP contribution is -2.59. The summed E-state index contributed by atoms with van der Waals surface area (Å²) >= 11 is 0. The number of carbonyl (C=O) groups excluding carboxylic acids is 4. The molecule has 2 bridgehead atoms. The molecular formula is C45H53N3O8. The van der Waals surface area contributed by atoms with Crippen molar-refractivity contribution in [3.8, 4) is 0 Å². The van der Waals surface area contributed by atoms with Crippen molar-refractivity contribution >= 4 is 29.4 Å². The zero-order valence-corrected chi connectivity index (χ0v) is 32.5. The standard InChI is InChI=1S/C45H53N3O8/c1-6-8-19-37(50)46-34(28-54-5)40(32-17-13-10-14-18-32)55-44(53)38-36-22-23-45(56-36)39(38)42(51)48(33(27-49)26-31-15-11-9-12-16-31)41(45)43(52)47(24-7-2)35-25-29(3)20-21-30(35)4/h6-7,9-18,20-21,25,33-34,36,38-41,49H,1-2,8,19,22-24,26-28H2,3-5H3,(H,46,50)/t33-,34-,36-,38+,39+,40-,41-,45+/m1/s1. The molecular weight excluding hydrogens is 711 g/mol. The molecule has 11 nitrogen and oxygen atoms in total. The maximum atomic E-state index is 15.3. The van der Waals surface area contributed by atoms with E-state index in [0.717, 1.165) is 16.7 Å². The van der Waals surface area contributed by atoms with Gasteiger partial charge in [0.15, 0.2) is 0 Å². The number of nitrogens with one attached hydrogen (secondary N) is 1. The Morgan fingerprint density at radius 1 is 1.05 bits per heavy atom. The Hall–Kier alpha value is -5.10. The van der Waals surface area contributed by atoms with Crippen molar-refractivity contribution in [3.63, 3.8) is 0 Å². The molecule has 3 aromatic carbocycles. The summed E-state index contributed by atoms with van der Waals surface area (Å²) in [6.07, 6.45) is 3.37. The molecule has 3 aliphatic rings. The highest BCUT2D eigenvalue weighted by Gasteiger charge is 2.76. The van der Waals surface area contributed by atoms with Crippen molar-refractivity contribution in [2.24, 2.45) is 11.8 Å². The van der Waals surface area contributed by atoms with E-state index in [1.54, 1.807) is 17.1 Å². The Morgan fingerprint density at radius 3 is 2.43 bits per heavy atom. The van der Waals surface area contributed by atoms with Gasteiger partial charge in [0.1, 0.15) is 17.7 Å². The lowest BCUT2D eigenvalue weighted by Gasteiger charge is -2.39. The van der Waals surface area contributed by atoms with Crippen LogP contribution in [0.5, 0.6) is 0 Å². The largest absolute Gasteiger partial charge is 0.455 e. The second-order valence-corrected chi connectivity index (χ2v) is 15.1. The van der Waals surface area contributed by atoms with Crippen LogP contribution in [0.2, 0.25) is 0 Å². The van der Waals surface area contributed by atoms with Gasteiger partial charge < -0.3 is 34.4 Å². The van der Waals surface area contributed by atoms with Crippen molar-refractivity contribution < 1.29 is 38.5 Å². The molecule has 3 fully saturated rings. The lowest BCUT2D eigenvalue weighted by molar-refractivity contribution is -0.163. The van der Waals surface area contributed by atoms with Crippen LogP contribution in [0.15, 0.2) is 104 Å². The van der Waals surface area contributed by atoms with E-state index in [4.69, 9.17) is 14.2 Å². The number of allylic oxidation sites excluding steroid dienone is 1. The molecule has 6 rings (SSSR count). The van der Waals surface area contributed by atoms with Gasteiger partial charge in [-0.2, -0.15) is 0 Å². The molecule has 1 spiro atoms. The summed E-state index contributed by atoms with van der Waals surface area (Å²) in [6.45, 7) is 11.3. The maximum Gasteiger partial charge on any atom is 0.313 e. The number of aliphatic hydroxyl groups is 1. The fraction of sp³-hybridized carbons (Fsp3) is 0.422. The summed E-state index contributed by atoms with van der Waals surface area (Å²) in [5, 5.41) is 14.0. The molecule has 3 saturated heterocycles. The number of rotatable bonds is 18. The van der Waals surface area contributed by atoms with E-state index < -0.39 is 66.3 Å². The van der Waals surface area contributed by atoms with Crippen LogP contribution in [0.4, 0.5) is 5.69 Å². The van der Waals surface area contributed by atoms with Gasteiger partial charge >= 0.3 is 5.97 Å². The van der Waals surface area contributed by atoms with Crippen molar-refractivity contribution in [2.45, 2.75) is 81.9 Å². The number of methoxy groups -OCH3 is 1. The highest BCUT2D eigenvalue weighted by Crippen LogP contribution is 2.59. The number of ether oxygens (including phenoxy) is 3. The van der Waals surface area contributed by atoms with E-state index in [0.29, 0.717) is 30.5 Å². The molecule has 11 heteroatoms. The summed E-state index contributed by atoms with van der Waals surface area (Å²) in [5.41, 5.74) is 2.65. The third kappa shape index (κ3) is 7.94. The zero-order valence-electron chi connectivity index (χ0n) is 32.5. The third-order valence-electron chi connectivity index (χ3n) is 11.4. The number of nitrogens with zero attached hydrogens (tertiary/aromatic N) is 2. The number of hydrogen-bond donors (Lipinski definition) is 2. The fourth-order valence-electron chi connectivity index (χ4n) is 8.89. The third-order valence-corrected chi connectivity index (χ3v) is 11.4. The zero-order chi connectivity index (χ0) is 40.0. The van der Waals surface area contributed by atoms with Gasteiger partial charge in [-0.3, -0.25) is 19.2 Å². The Balaban J connectivity index is 1.40. The van der Waals surface area contributed by atoms with E-state index in [1.165, 1.54) is 12.0 Å². The number of aryl methyl sites for hydroxylation is 2. The average molecular weight is 764 g/mol. The summed E-state index contributed by atoms with van der Waals surface area (Å²) in [4.78, 5) is 61.2. The monoisotopic (exact) mass is 763 g/mol. The molecule has 3 amide bonds. The Bertz CT molecular complexity index is 1900. The van der Waals surface area contributed by atoms with E-state index in [-0.39, 0.29) is 37.8 Å². The van der Waals surface area contributed by atoms with Crippen LogP contribution in [0.25, 0.3) is 0 Å². The van der Waals surface area contributed by atoms with E-state index in [2.05, 4.69) is 18.5 Å². The molecule has 8 atom stereocenters. The number of anilines is 1. The number of likely N-dealkylation sites (tertiary alicyclic amines) is 1. The van der Waals surface area contributed by atoms with Gasteiger partial charge in [0.2, 0.25) is 11.8 Å². The fourth-order valence-corrected chi connectivity index (χ4v) is 8.89. The van der Waals surface area contributed by atoms with Crippen LogP contribution in [0.1, 0.15) is 54.0 Å². The normalized spacial score (nSPS) is 23.9.